The molecule has 0 saturated carbocycles. The molecule has 0 atom stereocenters. The van der Waals surface area contributed by atoms with Gasteiger partial charge in [0.2, 0.25) is 0 Å². The minimum atomic E-state index is -2.86. The summed E-state index contributed by atoms with van der Waals surface area (Å²) in [5, 5.41) is 9.18. The highest BCUT2D eigenvalue weighted by atomic mass is 79.9. The number of nitriles is 1. The number of carbonyl (C=O) groups is 1. The number of rotatable bonds is 5. The van der Waals surface area contributed by atoms with Crippen LogP contribution in [0.1, 0.15) is 35.9 Å². The lowest BCUT2D eigenvalue weighted by atomic mass is 10.0. The summed E-state index contributed by atoms with van der Waals surface area (Å²) in [7, 11) is 0. The Morgan fingerprint density at radius 2 is 2.32 bits per heavy atom. The number of carbonyl (C=O) groups excluding carboxylic acids is 1. The van der Waals surface area contributed by atoms with E-state index in [2.05, 4.69) is 20.9 Å². The lowest BCUT2D eigenvalue weighted by molar-refractivity contribution is -0.142. The minimum absolute atomic E-state index is 0.0782. The highest BCUT2D eigenvalue weighted by molar-refractivity contribution is 9.08. The first kappa shape index (κ1) is 15.5. The van der Waals surface area contributed by atoms with E-state index in [4.69, 9.17) is 10.00 Å². The van der Waals surface area contributed by atoms with Crippen molar-refractivity contribution in [2.75, 3.05) is 6.61 Å². The molecule has 0 unspecified atom stereocenters. The molecule has 0 fully saturated rings. The fraction of sp³-hybridized carbons (Fsp3) is 0.417. The van der Waals surface area contributed by atoms with Crippen LogP contribution in [0.3, 0.4) is 0 Å². The normalized spacial score (nSPS) is 10.3. The van der Waals surface area contributed by atoms with Gasteiger partial charge in [0.25, 0.3) is 6.43 Å². The van der Waals surface area contributed by atoms with Gasteiger partial charge in [-0.1, -0.05) is 15.9 Å². The summed E-state index contributed by atoms with van der Waals surface area (Å²) in [6, 6.07) is 3.02. The largest absolute Gasteiger partial charge is 0.466 e. The quantitative estimate of drug-likeness (QED) is 0.614. The molecule has 0 aliphatic rings. The van der Waals surface area contributed by atoms with Gasteiger partial charge in [0, 0.05) is 5.33 Å². The molecule has 102 valence electrons. The van der Waals surface area contributed by atoms with Crippen molar-refractivity contribution in [1.29, 1.82) is 5.26 Å². The lowest BCUT2D eigenvalue weighted by Gasteiger charge is -2.11. The van der Waals surface area contributed by atoms with Crippen LogP contribution in [-0.2, 0) is 21.3 Å². The van der Waals surface area contributed by atoms with E-state index in [0.29, 0.717) is 11.0 Å². The predicted molar refractivity (Wildman–Crippen MR) is 66.9 cm³/mol. The van der Waals surface area contributed by atoms with E-state index in [-0.39, 0.29) is 24.3 Å². The second kappa shape index (κ2) is 7.14. The van der Waals surface area contributed by atoms with Crippen molar-refractivity contribution in [3.8, 4) is 6.07 Å². The van der Waals surface area contributed by atoms with Crippen molar-refractivity contribution >= 4 is 21.9 Å². The smallest absolute Gasteiger partial charge is 0.310 e. The van der Waals surface area contributed by atoms with E-state index in [1.54, 1.807) is 13.0 Å². The molecular weight excluding hydrogens is 322 g/mol. The van der Waals surface area contributed by atoms with Gasteiger partial charge in [-0.3, -0.25) is 4.79 Å². The summed E-state index contributed by atoms with van der Waals surface area (Å²) in [6.45, 7) is 1.80. The molecule has 0 aliphatic heterocycles. The second-order valence-electron chi connectivity index (χ2n) is 3.56. The van der Waals surface area contributed by atoms with E-state index < -0.39 is 18.0 Å². The highest BCUT2D eigenvalue weighted by Crippen LogP contribution is 2.27. The van der Waals surface area contributed by atoms with Crippen LogP contribution in [0.25, 0.3) is 0 Å². The van der Waals surface area contributed by atoms with Gasteiger partial charge in [-0.15, -0.1) is 0 Å². The van der Waals surface area contributed by atoms with Crippen LogP contribution >= 0.6 is 15.9 Å². The molecule has 7 heteroatoms. The standard InChI is InChI=1S/C12H11BrF2N2O2/c1-2-19-10(18)4-7-3-8(5-13)17-9(6-16)11(7)12(14)15/h3,12H,2,4-5H2,1H3. The zero-order valence-corrected chi connectivity index (χ0v) is 11.7. The van der Waals surface area contributed by atoms with Gasteiger partial charge in [-0.2, -0.15) is 5.26 Å². The molecule has 19 heavy (non-hydrogen) atoms. The maximum Gasteiger partial charge on any atom is 0.310 e. The third-order valence-corrected chi connectivity index (χ3v) is 2.87. The molecular formula is C12H11BrF2N2O2. The third kappa shape index (κ3) is 3.96. The molecule has 0 bridgehead atoms. The summed E-state index contributed by atoms with van der Waals surface area (Å²) < 4.78 is 30.7. The van der Waals surface area contributed by atoms with Crippen LogP contribution in [0.5, 0.6) is 0 Å². The third-order valence-electron chi connectivity index (χ3n) is 2.30. The van der Waals surface area contributed by atoms with Gasteiger partial charge in [0.05, 0.1) is 24.3 Å². The Kier molecular flexibility index (Phi) is 5.83. The molecule has 0 amide bonds. The topological polar surface area (TPSA) is 63.0 Å². The second-order valence-corrected chi connectivity index (χ2v) is 4.12. The molecule has 0 aromatic carbocycles. The Labute approximate surface area is 117 Å². The fourth-order valence-electron chi connectivity index (χ4n) is 1.58. The number of alkyl halides is 3. The Morgan fingerprint density at radius 3 is 2.79 bits per heavy atom. The predicted octanol–water partition coefficient (Wildman–Crippen LogP) is 2.89. The molecule has 0 saturated heterocycles. The first-order valence-corrected chi connectivity index (χ1v) is 6.58. The van der Waals surface area contributed by atoms with E-state index >= 15 is 0 Å². The van der Waals surface area contributed by atoms with E-state index in [0.717, 1.165) is 0 Å². The molecule has 0 N–H and O–H groups in total. The van der Waals surface area contributed by atoms with Crippen molar-refractivity contribution in [3.63, 3.8) is 0 Å². The van der Waals surface area contributed by atoms with Gasteiger partial charge < -0.3 is 4.74 Å². The number of aromatic nitrogens is 1. The summed E-state index contributed by atoms with van der Waals surface area (Å²) in [4.78, 5) is 15.2. The number of hydrogen-bond acceptors (Lipinski definition) is 4. The monoisotopic (exact) mass is 332 g/mol. The summed E-state index contributed by atoms with van der Waals surface area (Å²) in [5.41, 5.74) is -0.360. The zero-order chi connectivity index (χ0) is 14.4. The van der Waals surface area contributed by atoms with Crippen LogP contribution in [0.2, 0.25) is 0 Å². The van der Waals surface area contributed by atoms with Crippen molar-refractivity contribution in [1.82, 2.24) is 4.98 Å². The SMILES string of the molecule is CCOC(=O)Cc1cc(CBr)nc(C#N)c1C(F)F. The fourth-order valence-corrected chi connectivity index (χ4v) is 1.87. The maximum atomic E-state index is 13.0. The van der Waals surface area contributed by atoms with Gasteiger partial charge in [0.15, 0.2) is 0 Å². The molecule has 1 aromatic rings. The van der Waals surface area contributed by atoms with Crippen LogP contribution in [0.15, 0.2) is 6.07 Å². The zero-order valence-electron chi connectivity index (χ0n) is 10.1. The average molecular weight is 333 g/mol. The molecule has 0 radical (unpaired) electrons. The van der Waals surface area contributed by atoms with Gasteiger partial charge in [0.1, 0.15) is 11.8 Å². The molecule has 0 spiro atoms. The average Bonchev–Trinajstić information content (AvgIpc) is 2.37. The van der Waals surface area contributed by atoms with Crippen molar-refractivity contribution in [3.05, 3.63) is 28.6 Å². The van der Waals surface area contributed by atoms with E-state index in [9.17, 15) is 13.6 Å². The number of nitrogens with zero attached hydrogens (tertiary/aromatic N) is 2. The molecule has 1 rings (SSSR count). The highest BCUT2D eigenvalue weighted by Gasteiger charge is 2.22. The minimum Gasteiger partial charge on any atom is -0.466 e. The van der Waals surface area contributed by atoms with Crippen molar-refractivity contribution < 1.29 is 18.3 Å². The van der Waals surface area contributed by atoms with Gasteiger partial charge in [-0.05, 0) is 18.6 Å². The van der Waals surface area contributed by atoms with E-state index in [1.807, 2.05) is 0 Å². The van der Waals surface area contributed by atoms with Crippen molar-refractivity contribution in [2.45, 2.75) is 25.1 Å². The first-order chi connectivity index (χ1) is 9.03. The number of ether oxygens (including phenoxy) is 1. The summed E-state index contributed by atoms with van der Waals surface area (Å²) in [5.74, 6) is -0.611. The molecule has 0 aliphatic carbocycles. The van der Waals surface area contributed by atoms with Crippen molar-refractivity contribution in [2.24, 2.45) is 0 Å². The Morgan fingerprint density at radius 1 is 1.63 bits per heavy atom. The molecule has 1 aromatic heterocycles. The van der Waals surface area contributed by atoms with Crippen LogP contribution < -0.4 is 0 Å². The Bertz CT molecular complexity index is 515. The Hall–Kier alpha value is -1.55. The van der Waals surface area contributed by atoms with Gasteiger partial charge >= 0.3 is 5.97 Å². The number of pyridine rings is 1. The van der Waals surface area contributed by atoms with E-state index in [1.165, 1.54) is 6.07 Å². The summed E-state index contributed by atoms with van der Waals surface area (Å²) in [6.07, 6.45) is -3.17. The Balaban J connectivity index is 3.26. The number of halogens is 3. The molecule has 1 heterocycles. The van der Waals surface area contributed by atoms with Crippen LogP contribution in [0, 0.1) is 11.3 Å². The van der Waals surface area contributed by atoms with Gasteiger partial charge in [-0.25, -0.2) is 13.8 Å². The first-order valence-electron chi connectivity index (χ1n) is 5.46. The number of hydrogen-bond donors (Lipinski definition) is 0. The maximum absolute atomic E-state index is 13.0. The number of esters is 1. The van der Waals surface area contributed by atoms with Crippen LogP contribution in [0.4, 0.5) is 8.78 Å². The summed E-state index contributed by atoms with van der Waals surface area (Å²) >= 11 is 3.14. The molecule has 4 nitrogen and oxygen atoms in total. The lowest BCUT2D eigenvalue weighted by Crippen LogP contribution is -2.12. The van der Waals surface area contributed by atoms with Crippen LogP contribution in [-0.4, -0.2) is 17.6 Å².